The molecule has 1 aromatic heterocycles. The lowest BCUT2D eigenvalue weighted by atomic mass is 9.84. The van der Waals surface area contributed by atoms with E-state index in [0.717, 1.165) is 5.69 Å². The SMILES string of the molecule is CCOc1cc([C@@H]2C(C#N)=C(N)Oc3n[nH]c(C)c32)cc(Cl)c1OCc1ccccc1F. The first kappa shape index (κ1) is 21.5. The second-order valence-electron chi connectivity index (χ2n) is 7.14. The Morgan fingerprint density at radius 2 is 2.09 bits per heavy atom. The van der Waals surface area contributed by atoms with E-state index in [4.69, 9.17) is 31.5 Å². The Morgan fingerprint density at radius 3 is 2.81 bits per heavy atom. The number of hydrogen-bond donors (Lipinski definition) is 2. The first-order chi connectivity index (χ1) is 15.4. The van der Waals surface area contributed by atoms with Crippen molar-refractivity contribution in [3.8, 4) is 23.4 Å². The fourth-order valence-corrected chi connectivity index (χ4v) is 3.93. The Bertz CT molecular complexity index is 1250. The van der Waals surface area contributed by atoms with Crippen molar-refractivity contribution in [2.45, 2.75) is 26.4 Å². The number of aryl methyl sites for hydroxylation is 1. The van der Waals surface area contributed by atoms with Crippen LogP contribution in [-0.4, -0.2) is 16.8 Å². The number of nitrogens with one attached hydrogen (secondary N) is 1. The van der Waals surface area contributed by atoms with Gasteiger partial charge >= 0.3 is 0 Å². The van der Waals surface area contributed by atoms with E-state index in [0.29, 0.717) is 34.9 Å². The lowest BCUT2D eigenvalue weighted by Crippen LogP contribution is -2.21. The first-order valence-electron chi connectivity index (χ1n) is 9.89. The highest BCUT2D eigenvalue weighted by molar-refractivity contribution is 6.32. The van der Waals surface area contributed by atoms with Crippen molar-refractivity contribution in [1.29, 1.82) is 5.26 Å². The molecule has 0 spiro atoms. The summed E-state index contributed by atoms with van der Waals surface area (Å²) in [5.41, 5.74) is 8.70. The van der Waals surface area contributed by atoms with Crippen molar-refractivity contribution in [3.63, 3.8) is 0 Å². The first-order valence-corrected chi connectivity index (χ1v) is 10.3. The topological polar surface area (TPSA) is 106 Å². The predicted molar refractivity (Wildman–Crippen MR) is 116 cm³/mol. The highest BCUT2D eigenvalue weighted by Gasteiger charge is 2.35. The van der Waals surface area contributed by atoms with Crippen molar-refractivity contribution in [2.75, 3.05) is 6.61 Å². The Morgan fingerprint density at radius 1 is 1.31 bits per heavy atom. The van der Waals surface area contributed by atoms with Gasteiger partial charge in [0.2, 0.25) is 11.8 Å². The average Bonchev–Trinajstić information content (AvgIpc) is 3.13. The lowest BCUT2D eigenvalue weighted by molar-refractivity contribution is 0.265. The molecule has 0 saturated carbocycles. The summed E-state index contributed by atoms with van der Waals surface area (Å²) in [6, 6.07) is 11.9. The number of nitriles is 1. The van der Waals surface area contributed by atoms with Crippen molar-refractivity contribution in [1.82, 2.24) is 10.2 Å². The molecule has 4 rings (SSSR count). The van der Waals surface area contributed by atoms with Crippen LogP contribution in [0.1, 0.15) is 35.2 Å². The summed E-state index contributed by atoms with van der Waals surface area (Å²) in [6.45, 7) is 3.98. The van der Waals surface area contributed by atoms with E-state index >= 15 is 0 Å². The van der Waals surface area contributed by atoms with Gasteiger partial charge in [-0.1, -0.05) is 29.8 Å². The summed E-state index contributed by atoms with van der Waals surface area (Å²) >= 11 is 6.58. The van der Waals surface area contributed by atoms with Crippen molar-refractivity contribution >= 4 is 11.6 Å². The molecule has 3 aromatic rings. The van der Waals surface area contributed by atoms with Gasteiger partial charge in [-0.15, -0.1) is 5.10 Å². The zero-order chi connectivity index (χ0) is 22.8. The number of benzene rings is 2. The van der Waals surface area contributed by atoms with Gasteiger partial charge in [-0.3, -0.25) is 5.10 Å². The lowest BCUT2D eigenvalue weighted by Gasteiger charge is -2.25. The molecule has 2 aromatic carbocycles. The van der Waals surface area contributed by atoms with Gasteiger partial charge < -0.3 is 19.9 Å². The Balaban J connectivity index is 1.77. The van der Waals surface area contributed by atoms with Crippen LogP contribution in [0.4, 0.5) is 4.39 Å². The van der Waals surface area contributed by atoms with Gasteiger partial charge in [0.05, 0.1) is 17.5 Å². The number of nitrogens with two attached hydrogens (primary N) is 1. The average molecular weight is 455 g/mol. The predicted octanol–water partition coefficient (Wildman–Crippen LogP) is 4.71. The zero-order valence-electron chi connectivity index (χ0n) is 17.4. The number of allylic oxidation sites excluding steroid dienone is 1. The standard InChI is InChI=1S/C23H20ClFN4O3/c1-3-30-18-9-14(8-16(24)21(18)31-11-13-6-4-5-7-17(13)25)20-15(10-26)22(27)32-23-19(20)12(2)28-29-23/h4-9,20H,3,11,27H2,1-2H3,(H,28,29)/t20-/m1/s1. The molecule has 0 amide bonds. The second-order valence-corrected chi connectivity index (χ2v) is 7.54. The van der Waals surface area contributed by atoms with Gasteiger partial charge in [0.25, 0.3) is 0 Å². The molecule has 1 aliphatic heterocycles. The molecule has 9 heteroatoms. The highest BCUT2D eigenvalue weighted by atomic mass is 35.5. The summed E-state index contributed by atoms with van der Waals surface area (Å²) in [5.74, 6) is 0.00876. The van der Waals surface area contributed by atoms with Gasteiger partial charge in [-0.05, 0) is 37.6 Å². The van der Waals surface area contributed by atoms with E-state index in [1.165, 1.54) is 6.07 Å². The largest absolute Gasteiger partial charge is 0.490 e. The maximum Gasteiger partial charge on any atom is 0.244 e. The summed E-state index contributed by atoms with van der Waals surface area (Å²) in [4.78, 5) is 0. The number of halogens is 2. The molecule has 7 nitrogen and oxygen atoms in total. The number of nitrogens with zero attached hydrogens (tertiary/aromatic N) is 2. The minimum absolute atomic E-state index is 0.0227. The summed E-state index contributed by atoms with van der Waals surface area (Å²) in [5, 5.41) is 17.0. The number of ether oxygens (including phenoxy) is 3. The van der Waals surface area contributed by atoms with E-state index in [-0.39, 0.29) is 34.7 Å². The van der Waals surface area contributed by atoms with Crippen LogP contribution in [0.5, 0.6) is 17.4 Å². The number of aromatic nitrogens is 2. The third kappa shape index (κ3) is 3.83. The quantitative estimate of drug-likeness (QED) is 0.558. The van der Waals surface area contributed by atoms with E-state index in [9.17, 15) is 9.65 Å². The molecule has 0 aliphatic carbocycles. The van der Waals surface area contributed by atoms with Gasteiger partial charge in [0.1, 0.15) is 24.1 Å². The van der Waals surface area contributed by atoms with E-state index < -0.39 is 5.92 Å². The molecule has 0 saturated heterocycles. The van der Waals surface area contributed by atoms with Crippen LogP contribution in [0.25, 0.3) is 0 Å². The van der Waals surface area contributed by atoms with E-state index in [2.05, 4.69) is 16.3 Å². The Labute approximate surface area is 189 Å². The Hall–Kier alpha value is -3.70. The number of H-pyrrole nitrogens is 1. The van der Waals surface area contributed by atoms with Gasteiger partial charge in [0, 0.05) is 16.8 Å². The molecule has 1 aliphatic rings. The molecule has 0 unspecified atom stereocenters. The summed E-state index contributed by atoms with van der Waals surface area (Å²) in [7, 11) is 0. The molecule has 0 bridgehead atoms. The highest BCUT2D eigenvalue weighted by Crippen LogP contribution is 2.46. The second kappa shape index (κ2) is 8.81. The van der Waals surface area contributed by atoms with Crippen LogP contribution in [-0.2, 0) is 6.61 Å². The maximum absolute atomic E-state index is 14.0. The Kier molecular flexibility index (Phi) is 5.93. The van der Waals surface area contributed by atoms with Gasteiger partial charge in [-0.2, -0.15) is 5.26 Å². The fourth-order valence-electron chi connectivity index (χ4n) is 3.65. The third-order valence-corrected chi connectivity index (χ3v) is 5.41. The zero-order valence-corrected chi connectivity index (χ0v) is 18.2. The maximum atomic E-state index is 14.0. The van der Waals surface area contributed by atoms with Gasteiger partial charge in [0.15, 0.2) is 11.5 Å². The summed E-state index contributed by atoms with van der Waals surface area (Å²) < 4.78 is 31.1. The van der Waals surface area contributed by atoms with Crippen LogP contribution >= 0.6 is 11.6 Å². The summed E-state index contributed by atoms with van der Waals surface area (Å²) in [6.07, 6.45) is 0. The van der Waals surface area contributed by atoms with Crippen LogP contribution in [0.2, 0.25) is 5.02 Å². The smallest absolute Gasteiger partial charge is 0.244 e. The normalized spacial score (nSPS) is 15.0. The molecule has 0 fully saturated rings. The number of hydrogen-bond acceptors (Lipinski definition) is 6. The number of fused-ring (bicyclic) bond motifs is 1. The van der Waals surface area contributed by atoms with Crippen molar-refractivity contribution in [2.24, 2.45) is 5.73 Å². The van der Waals surface area contributed by atoms with Crippen LogP contribution in [0.3, 0.4) is 0 Å². The van der Waals surface area contributed by atoms with Crippen LogP contribution in [0, 0.1) is 24.1 Å². The molecular weight excluding hydrogens is 435 g/mol. The third-order valence-electron chi connectivity index (χ3n) is 5.12. The van der Waals surface area contributed by atoms with E-state index in [1.54, 1.807) is 30.3 Å². The van der Waals surface area contributed by atoms with E-state index in [1.807, 2.05) is 13.8 Å². The minimum atomic E-state index is -0.556. The molecule has 3 N–H and O–H groups in total. The monoisotopic (exact) mass is 454 g/mol. The number of aromatic amines is 1. The molecule has 2 heterocycles. The molecule has 32 heavy (non-hydrogen) atoms. The fraction of sp³-hybridized carbons (Fsp3) is 0.217. The van der Waals surface area contributed by atoms with Crippen molar-refractivity contribution in [3.05, 3.63) is 81.1 Å². The minimum Gasteiger partial charge on any atom is -0.490 e. The molecule has 1 atom stereocenters. The number of rotatable bonds is 6. The van der Waals surface area contributed by atoms with Gasteiger partial charge in [-0.25, -0.2) is 4.39 Å². The molecule has 164 valence electrons. The van der Waals surface area contributed by atoms with Crippen LogP contribution in [0.15, 0.2) is 47.9 Å². The molecular formula is C23H20ClFN4O3. The van der Waals surface area contributed by atoms with Crippen LogP contribution < -0.4 is 19.9 Å². The van der Waals surface area contributed by atoms with Crippen molar-refractivity contribution < 1.29 is 18.6 Å². The molecule has 0 radical (unpaired) electrons.